The average molecular weight is 328 g/mol. The zero-order valence-electron chi connectivity index (χ0n) is 14.5. The van der Waals surface area contributed by atoms with E-state index in [1.54, 1.807) is 6.92 Å². The number of likely N-dealkylation sites (tertiary alicyclic amines) is 1. The van der Waals surface area contributed by atoms with Crippen LogP contribution in [0.5, 0.6) is 0 Å². The van der Waals surface area contributed by atoms with Crippen molar-refractivity contribution in [1.82, 2.24) is 19.9 Å². The summed E-state index contributed by atoms with van der Waals surface area (Å²) >= 11 is 0. The summed E-state index contributed by atoms with van der Waals surface area (Å²) in [7, 11) is 0. The Morgan fingerprint density at radius 1 is 1.21 bits per heavy atom. The summed E-state index contributed by atoms with van der Waals surface area (Å²) in [6, 6.07) is 11.2. The van der Waals surface area contributed by atoms with Crippen LogP contribution in [0, 0.1) is 0 Å². The second-order valence-corrected chi connectivity index (χ2v) is 6.91. The molecule has 1 fully saturated rings. The van der Waals surface area contributed by atoms with Crippen molar-refractivity contribution in [3.63, 3.8) is 0 Å². The fraction of sp³-hybridized carbons (Fsp3) is 0.579. The van der Waals surface area contributed by atoms with Gasteiger partial charge in [-0.2, -0.15) is 0 Å². The van der Waals surface area contributed by atoms with Crippen LogP contribution in [0.2, 0.25) is 0 Å². The van der Waals surface area contributed by atoms with Gasteiger partial charge in [0.15, 0.2) is 0 Å². The molecule has 24 heavy (non-hydrogen) atoms. The van der Waals surface area contributed by atoms with Gasteiger partial charge in [-0.05, 0) is 44.7 Å². The molecule has 1 aromatic carbocycles. The molecule has 0 spiro atoms. The van der Waals surface area contributed by atoms with E-state index < -0.39 is 0 Å². The zero-order chi connectivity index (χ0) is 16.8. The van der Waals surface area contributed by atoms with Crippen molar-refractivity contribution in [1.29, 1.82) is 0 Å². The number of hydrogen-bond acceptors (Lipinski definition) is 4. The fourth-order valence-electron chi connectivity index (χ4n) is 3.45. The minimum Gasteiger partial charge on any atom is -0.393 e. The maximum absolute atomic E-state index is 9.44. The number of aliphatic hydroxyl groups is 1. The topological polar surface area (TPSA) is 54.2 Å². The molecule has 1 N–H and O–H groups in total. The van der Waals surface area contributed by atoms with Gasteiger partial charge in [-0.1, -0.05) is 35.5 Å². The third kappa shape index (κ3) is 4.89. The summed E-state index contributed by atoms with van der Waals surface area (Å²) in [6.45, 7) is 5.22. The van der Waals surface area contributed by atoms with Crippen molar-refractivity contribution in [3.8, 4) is 0 Å². The summed E-state index contributed by atoms with van der Waals surface area (Å²) in [5, 5.41) is 17.9. The van der Waals surface area contributed by atoms with Crippen LogP contribution in [-0.4, -0.2) is 50.7 Å². The van der Waals surface area contributed by atoms with Gasteiger partial charge in [0.1, 0.15) is 0 Å². The standard InChI is InChI=1S/C19H28N4O/c1-16(24)14-18-15-23(21-20-18)19-9-12-22(13-10-19)11-5-8-17-6-3-2-4-7-17/h2-4,6-7,15-16,19,24H,5,8-14H2,1H3. The lowest BCUT2D eigenvalue weighted by Gasteiger charge is -2.31. The molecule has 0 radical (unpaired) electrons. The van der Waals surface area contributed by atoms with Gasteiger partial charge in [0.2, 0.25) is 0 Å². The summed E-state index contributed by atoms with van der Waals surface area (Å²) in [6.07, 6.45) is 6.86. The highest BCUT2D eigenvalue weighted by molar-refractivity contribution is 5.14. The molecule has 5 nitrogen and oxygen atoms in total. The van der Waals surface area contributed by atoms with Gasteiger partial charge < -0.3 is 10.0 Å². The first-order chi connectivity index (χ1) is 11.7. The van der Waals surface area contributed by atoms with E-state index in [0.29, 0.717) is 12.5 Å². The van der Waals surface area contributed by atoms with Crippen molar-refractivity contribution < 1.29 is 5.11 Å². The lowest BCUT2D eigenvalue weighted by atomic mass is 10.0. The predicted octanol–water partition coefficient (Wildman–Crippen LogP) is 2.47. The highest BCUT2D eigenvalue weighted by Crippen LogP contribution is 2.22. The van der Waals surface area contributed by atoms with E-state index in [4.69, 9.17) is 0 Å². The van der Waals surface area contributed by atoms with E-state index in [9.17, 15) is 5.11 Å². The SMILES string of the molecule is CC(O)Cc1cn(C2CCN(CCCc3ccccc3)CC2)nn1. The van der Waals surface area contributed by atoms with Gasteiger partial charge in [0.05, 0.1) is 17.8 Å². The van der Waals surface area contributed by atoms with E-state index in [1.807, 2.05) is 10.9 Å². The molecule has 2 heterocycles. The Bertz CT molecular complexity index is 603. The van der Waals surface area contributed by atoms with E-state index in [-0.39, 0.29) is 6.10 Å². The van der Waals surface area contributed by atoms with Crippen LogP contribution >= 0.6 is 0 Å². The summed E-state index contributed by atoms with van der Waals surface area (Å²) < 4.78 is 2.00. The van der Waals surface area contributed by atoms with Crippen LogP contribution in [-0.2, 0) is 12.8 Å². The van der Waals surface area contributed by atoms with Gasteiger partial charge in [0.25, 0.3) is 0 Å². The van der Waals surface area contributed by atoms with Crippen molar-refractivity contribution in [2.24, 2.45) is 0 Å². The van der Waals surface area contributed by atoms with E-state index >= 15 is 0 Å². The van der Waals surface area contributed by atoms with Crippen molar-refractivity contribution in [2.45, 2.75) is 51.2 Å². The smallest absolute Gasteiger partial charge is 0.0852 e. The molecule has 1 unspecified atom stereocenters. The number of aliphatic hydroxyl groups excluding tert-OH is 1. The normalized spacial score (nSPS) is 17.9. The molecule has 1 aliphatic heterocycles. The second-order valence-electron chi connectivity index (χ2n) is 6.91. The first-order valence-corrected chi connectivity index (χ1v) is 9.06. The average Bonchev–Trinajstić information content (AvgIpc) is 3.04. The monoisotopic (exact) mass is 328 g/mol. The molecule has 0 bridgehead atoms. The fourth-order valence-corrected chi connectivity index (χ4v) is 3.45. The molecule has 1 saturated heterocycles. The van der Waals surface area contributed by atoms with Crippen LogP contribution in [0.25, 0.3) is 0 Å². The Hall–Kier alpha value is -1.72. The Morgan fingerprint density at radius 3 is 2.67 bits per heavy atom. The maximum atomic E-state index is 9.44. The molecule has 0 saturated carbocycles. The molecule has 0 aliphatic carbocycles. The van der Waals surface area contributed by atoms with Crippen LogP contribution in [0.3, 0.4) is 0 Å². The molecule has 1 aromatic heterocycles. The molecule has 5 heteroatoms. The van der Waals surface area contributed by atoms with Gasteiger partial charge in [-0.15, -0.1) is 5.10 Å². The Morgan fingerprint density at radius 2 is 1.96 bits per heavy atom. The number of benzene rings is 1. The number of piperidine rings is 1. The summed E-state index contributed by atoms with van der Waals surface area (Å²) in [5.41, 5.74) is 2.32. The minimum atomic E-state index is -0.360. The van der Waals surface area contributed by atoms with Crippen molar-refractivity contribution >= 4 is 0 Å². The Kier molecular flexibility index (Phi) is 5.99. The van der Waals surface area contributed by atoms with Crippen LogP contribution in [0.4, 0.5) is 0 Å². The number of aromatic nitrogens is 3. The number of aryl methyl sites for hydroxylation is 1. The molecule has 0 amide bonds. The third-order valence-electron chi connectivity index (χ3n) is 4.78. The minimum absolute atomic E-state index is 0.360. The largest absolute Gasteiger partial charge is 0.393 e. The van der Waals surface area contributed by atoms with Crippen LogP contribution in [0.15, 0.2) is 36.5 Å². The molecule has 130 valence electrons. The van der Waals surface area contributed by atoms with Gasteiger partial charge in [-0.25, -0.2) is 4.68 Å². The number of rotatable bonds is 7. The first-order valence-electron chi connectivity index (χ1n) is 9.06. The highest BCUT2D eigenvalue weighted by atomic mass is 16.3. The van der Waals surface area contributed by atoms with Gasteiger partial charge in [-0.3, -0.25) is 0 Å². The van der Waals surface area contributed by atoms with E-state index in [0.717, 1.165) is 38.0 Å². The van der Waals surface area contributed by atoms with Crippen LogP contribution < -0.4 is 0 Å². The Labute approximate surface area is 144 Å². The Balaban J connectivity index is 1.40. The quantitative estimate of drug-likeness (QED) is 0.848. The van der Waals surface area contributed by atoms with Gasteiger partial charge >= 0.3 is 0 Å². The molecule has 3 rings (SSSR count). The molecule has 1 atom stereocenters. The van der Waals surface area contributed by atoms with Crippen LogP contribution in [0.1, 0.15) is 43.5 Å². The molecule has 2 aromatic rings. The zero-order valence-corrected chi connectivity index (χ0v) is 14.5. The maximum Gasteiger partial charge on any atom is 0.0852 e. The van der Waals surface area contributed by atoms with Crippen molar-refractivity contribution in [3.05, 3.63) is 47.8 Å². The van der Waals surface area contributed by atoms with E-state index in [1.165, 1.54) is 18.5 Å². The predicted molar refractivity (Wildman–Crippen MR) is 94.9 cm³/mol. The number of nitrogens with zero attached hydrogens (tertiary/aromatic N) is 4. The summed E-state index contributed by atoms with van der Waals surface area (Å²) in [4.78, 5) is 2.56. The highest BCUT2D eigenvalue weighted by Gasteiger charge is 2.21. The third-order valence-corrected chi connectivity index (χ3v) is 4.78. The molecule has 1 aliphatic rings. The summed E-state index contributed by atoms with van der Waals surface area (Å²) in [5.74, 6) is 0. The lowest BCUT2D eigenvalue weighted by Crippen LogP contribution is -2.35. The molecular formula is C19H28N4O. The molecular weight excluding hydrogens is 300 g/mol. The lowest BCUT2D eigenvalue weighted by molar-refractivity contribution is 0.177. The van der Waals surface area contributed by atoms with E-state index in [2.05, 4.69) is 45.5 Å². The number of hydrogen-bond donors (Lipinski definition) is 1. The van der Waals surface area contributed by atoms with Gasteiger partial charge in [0, 0.05) is 25.7 Å². The first kappa shape index (κ1) is 17.1. The van der Waals surface area contributed by atoms with Crippen molar-refractivity contribution in [2.75, 3.05) is 19.6 Å². The second kappa shape index (κ2) is 8.40.